The van der Waals surface area contributed by atoms with Crippen LogP contribution < -0.4 is 16.4 Å². The van der Waals surface area contributed by atoms with E-state index in [0.717, 1.165) is 11.3 Å². The Bertz CT molecular complexity index is 873. The number of rotatable bonds is 11. The Morgan fingerprint density at radius 2 is 2.03 bits per heavy atom. The molecule has 29 heavy (non-hydrogen) atoms. The largest absolute Gasteiger partial charge is 0.381 e. The molecule has 0 bridgehead atoms. The molecule has 4 N–H and O–H groups in total. The number of nitrogens with one attached hydrogen (secondary N) is 2. The summed E-state index contributed by atoms with van der Waals surface area (Å²) in [4.78, 5) is 34.9. The molecular formula is C21H24ClN3O4. The van der Waals surface area contributed by atoms with Crippen LogP contribution in [0.5, 0.6) is 0 Å². The van der Waals surface area contributed by atoms with Gasteiger partial charge in [0.1, 0.15) is 12.3 Å². The van der Waals surface area contributed by atoms with Gasteiger partial charge in [-0.05, 0) is 41.8 Å². The van der Waals surface area contributed by atoms with Gasteiger partial charge in [0.05, 0.1) is 6.61 Å². The van der Waals surface area contributed by atoms with E-state index in [1.165, 1.54) is 7.11 Å². The fraction of sp³-hybridized carbons (Fsp3) is 0.286. The van der Waals surface area contributed by atoms with Gasteiger partial charge in [0, 0.05) is 36.3 Å². The van der Waals surface area contributed by atoms with Gasteiger partial charge in [-0.2, -0.15) is 0 Å². The van der Waals surface area contributed by atoms with Crippen molar-refractivity contribution in [1.29, 1.82) is 0 Å². The zero-order chi connectivity index (χ0) is 21.2. The van der Waals surface area contributed by atoms with Gasteiger partial charge in [-0.15, -0.1) is 0 Å². The number of anilines is 1. The first-order valence-electron chi connectivity index (χ1n) is 9.08. The van der Waals surface area contributed by atoms with Crippen molar-refractivity contribution in [3.05, 3.63) is 64.2 Å². The van der Waals surface area contributed by atoms with E-state index >= 15 is 0 Å². The number of hydrogen-bond donors (Lipinski definition) is 3. The average Bonchev–Trinajstić information content (AvgIpc) is 2.70. The van der Waals surface area contributed by atoms with Crippen LogP contribution in [0.2, 0.25) is 5.02 Å². The molecule has 0 fully saturated rings. The van der Waals surface area contributed by atoms with E-state index < -0.39 is 17.9 Å². The lowest BCUT2D eigenvalue weighted by molar-refractivity contribution is -0.120. The molecule has 0 saturated heterocycles. The Balaban J connectivity index is 2.18. The zero-order valence-corrected chi connectivity index (χ0v) is 16.9. The monoisotopic (exact) mass is 417 g/mol. The van der Waals surface area contributed by atoms with Gasteiger partial charge in [-0.25, -0.2) is 0 Å². The van der Waals surface area contributed by atoms with Gasteiger partial charge < -0.3 is 25.9 Å². The Labute approximate surface area is 174 Å². The Kier molecular flexibility index (Phi) is 8.64. The zero-order valence-electron chi connectivity index (χ0n) is 16.1. The molecule has 0 aliphatic rings. The molecular weight excluding hydrogens is 394 g/mol. The highest BCUT2D eigenvalue weighted by Gasteiger charge is 2.20. The lowest BCUT2D eigenvalue weighted by Crippen LogP contribution is -2.44. The number of primary amides is 1. The number of carbonyl (C=O) groups is 3. The smallest absolute Gasteiger partial charge is 0.252 e. The summed E-state index contributed by atoms with van der Waals surface area (Å²) in [5, 5.41) is 6.49. The van der Waals surface area contributed by atoms with Crippen molar-refractivity contribution >= 4 is 35.4 Å². The molecule has 2 aromatic carbocycles. The molecule has 2 rings (SSSR count). The first-order valence-corrected chi connectivity index (χ1v) is 9.46. The van der Waals surface area contributed by atoms with Crippen LogP contribution in [-0.4, -0.2) is 31.3 Å². The van der Waals surface area contributed by atoms with E-state index in [1.54, 1.807) is 18.2 Å². The summed E-state index contributed by atoms with van der Waals surface area (Å²) in [6, 6.07) is 11.8. The average molecular weight is 418 g/mol. The van der Waals surface area contributed by atoms with Crippen LogP contribution in [0.1, 0.15) is 34.3 Å². The van der Waals surface area contributed by atoms with E-state index in [4.69, 9.17) is 22.1 Å². The number of amides is 2. The molecule has 1 unspecified atom stereocenters. The highest BCUT2D eigenvalue weighted by atomic mass is 35.5. The standard InChI is InChI=1S/C21H24ClN3O4/c1-29-13-15-7-8-17(24-12-14-4-2-5-16(22)10-14)11-18(15)21(28)25-19(20(23)27)6-3-9-26/h2,4-5,7-11,19,24H,3,6,12-13H2,1H3,(H2,23,27)(H,25,28). The van der Waals surface area contributed by atoms with Gasteiger partial charge in [0.2, 0.25) is 5.91 Å². The molecule has 154 valence electrons. The normalized spacial score (nSPS) is 11.5. The van der Waals surface area contributed by atoms with Gasteiger partial charge in [0.25, 0.3) is 5.91 Å². The summed E-state index contributed by atoms with van der Waals surface area (Å²) in [5.74, 6) is -1.15. The summed E-state index contributed by atoms with van der Waals surface area (Å²) >= 11 is 6.00. The SMILES string of the molecule is COCc1ccc(NCc2cccc(Cl)c2)cc1C(=O)NC(CCC=O)C(N)=O. The second-order valence-corrected chi connectivity index (χ2v) is 6.90. The van der Waals surface area contributed by atoms with E-state index in [2.05, 4.69) is 10.6 Å². The molecule has 0 aliphatic heterocycles. The Morgan fingerprint density at radius 3 is 2.69 bits per heavy atom. The van der Waals surface area contributed by atoms with Gasteiger partial charge in [-0.1, -0.05) is 29.8 Å². The Morgan fingerprint density at radius 1 is 1.24 bits per heavy atom. The third-order valence-corrected chi connectivity index (χ3v) is 4.50. The number of nitrogens with two attached hydrogens (primary N) is 1. The summed E-state index contributed by atoms with van der Waals surface area (Å²) in [6.45, 7) is 0.751. The van der Waals surface area contributed by atoms with Crippen molar-refractivity contribution in [2.45, 2.75) is 32.0 Å². The van der Waals surface area contributed by atoms with Crippen molar-refractivity contribution in [2.75, 3.05) is 12.4 Å². The van der Waals surface area contributed by atoms with Crippen LogP contribution in [0.4, 0.5) is 5.69 Å². The fourth-order valence-electron chi connectivity index (χ4n) is 2.79. The fourth-order valence-corrected chi connectivity index (χ4v) is 3.00. The van der Waals surface area contributed by atoms with E-state index in [0.29, 0.717) is 29.0 Å². The molecule has 0 saturated carbocycles. The minimum atomic E-state index is -0.925. The molecule has 7 nitrogen and oxygen atoms in total. The molecule has 8 heteroatoms. The molecule has 0 aliphatic carbocycles. The molecule has 2 aromatic rings. The van der Waals surface area contributed by atoms with Crippen LogP contribution in [-0.2, 0) is 27.5 Å². The van der Waals surface area contributed by atoms with Crippen LogP contribution in [0.25, 0.3) is 0 Å². The molecule has 0 heterocycles. The summed E-state index contributed by atoms with van der Waals surface area (Å²) in [5.41, 5.74) is 8.08. The van der Waals surface area contributed by atoms with E-state index in [1.807, 2.05) is 24.3 Å². The van der Waals surface area contributed by atoms with Crippen molar-refractivity contribution < 1.29 is 19.1 Å². The summed E-state index contributed by atoms with van der Waals surface area (Å²) in [7, 11) is 1.53. The summed E-state index contributed by atoms with van der Waals surface area (Å²) < 4.78 is 5.17. The minimum Gasteiger partial charge on any atom is -0.381 e. The predicted molar refractivity (Wildman–Crippen MR) is 112 cm³/mol. The van der Waals surface area contributed by atoms with Gasteiger partial charge in [-0.3, -0.25) is 9.59 Å². The van der Waals surface area contributed by atoms with E-state index in [-0.39, 0.29) is 19.4 Å². The molecule has 1 atom stereocenters. The maximum absolute atomic E-state index is 12.8. The highest BCUT2D eigenvalue weighted by molar-refractivity contribution is 6.30. The van der Waals surface area contributed by atoms with Gasteiger partial charge >= 0.3 is 0 Å². The third kappa shape index (κ3) is 6.89. The Hall–Kier alpha value is -2.90. The lowest BCUT2D eigenvalue weighted by atomic mass is 10.0. The number of ether oxygens (including phenoxy) is 1. The maximum Gasteiger partial charge on any atom is 0.252 e. The number of methoxy groups -OCH3 is 1. The topological polar surface area (TPSA) is 111 Å². The van der Waals surface area contributed by atoms with Crippen LogP contribution in [0, 0.1) is 0 Å². The molecule has 0 radical (unpaired) electrons. The maximum atomic E-state index is 12.8. The lowest BCUT2D eigenvalue weighted by Gasteiger charge is -2.17. The first-order chi connectivity index (χ1) is 13.9. The molecule has 2 amide bonds. The van der Waals surface area contributed by atoms with Crippen molar-refractivity contribution in [2.24, 2.45) is 5.73 Å². The first kappa shape index (κ1) is 22.4. The molecule has 0 aromatic heterocycles. The van der Waals surface area contributed by atoms with Crippen LogP contribution >= 0.6 is 11.6 Å². The van der Waals surface area contributed by atoms with Crippen LogP contribution in [0.3, 0.4) is 0 Å². The third-order valence-electron chi connectivity index (χ3n) is 4.26. The number of halogens is 1. The van der Waals surface area contributed by atoms with Crippen molar-refractivity contribution in [3.8, 4) is 0 Å². The summed E-state index contributed by atoms with van der Waals surface area (Å²) in [6.07, 6.45) is 0.954. The van der Waals surface area contributed by atoms with Crippen molar-refractivity contribution in [1.82, 2.24) is 5.32 Å². The predicted octanol–water partition coefficient (Wildman–Crippen LogP) is 2.66. The number of carbonyl (C=O) groups excluding carboxylic acids is 3. The van der Waals surface area contributed by atoms with E-state index in [9.17, 15) is 14.4 Å². The molecule has 0 spiro atoms. The number of benzene rings is 2. The highest BCUT2D eigenvalue weighted by Crippen LogP contribution is 2.19. The number of hydrogen-bond acceptors (Lipinski definition) is 5. The number of aldehydes is 1. The minimum absolute atomic E-state index is 0.125. The second-order valence-electron chi connectivity index (χ2n) is 6.46. The van der Waals surface area contributed by atoms with Gasteiger partial charge in [0.15, 0.2) is 0 Å². The van der Waals surface area contributed by atoms with Crippen LogP contribution in [0.15, 0.2) is 42.5 Å². The van der Waals surface area contributed by atoms with Crippen molar-refractivity contribution in [3.63, 3.8) is 0 Å². The second kappa shape index (κ2) is 11.2. The quantitative estimate of drug-likeness (QED) is 0.487.